The predicted octanol–water partition coefficient (Wildman–Crippen LogP) is 4.67. The maximum absolute atomic E-state index is 13.6. The first kappa shape index (κ1) is 18.1. The minimum absolute atomic E-state index is 0.0952. The van der Waals surface area contributed by atoms with E-state index in [1.54, 1.807) is 24.3 Å². The van der Waals surface area contributed by atoms with Crippen molar-refractivity contribution < 1.29 is 13.6 Å². The van der Waals surface area contributed by atoms with Gasteiger partial charge in [-0.3, -0.25) is 4.79 Å². The molecule has 1 saturated carbocycles. The molecule has 134 valence electrons. The van der Waals surface area contributed by atoms with Crippen molar-refractivity contribution in [1.29, 1.82) is 0 Å². The van der Waals surface area contributed by atoms with Crippen molar-refractivity contribution in [1.82, 2.24) is 5.32 Å². The molecule has 1 N–H and O–H groups in total. The highest BCUT2D eigenvalue weighted by molar-refractivity contribution is 5.94. The summed E-state index contributed by atoms with van der Waals surface area (Å²) >= 11 is 0. The van der Waals surface area contributed by atoms with Crippen LogP contribution in [-0.4, -0.2) is 12.5 Å². The van der Waals surface area contributed by atoms with Gasteiger partial charge in [0.15, 0.2) is 0 Å². The SMILES string of the molecule is CC1(CNC(=O)c2ccc(C#Cc3ccc(F)cc3F)cc2)CCCC1. The second-order valence-electron chi connectivity index (χ2n) is 7.15. The quantitative estimate of drug-likeness (QED) is 0.798. The van der Waals surface area contributed by atoms with Crippen molar-refractivity contribution in [3.05, 3.63) is 70.8 Å². The van der Waals surface area contributed by atoms with E-state index in [9.17, 15) is 13.6 Å². The van der Waals surface area contributed by atoms with Crippen molar-refractivity contribution in [3.63, 3.8) is 0 Å². The van der Waals surface area contributed by atoms with Crippen LogP contribution in [0.4, 0.5) is 8.78 Å². The van der Waals surface area contributed by atoms with Gasteiger partial charge in [-0.15, -0.1) is 0 Å². The Bertz CT molecular complexity index is 856. The average Bonchev–Trinajstić information content (AvgIpc) is 3.06. The van der Waals surface area contributed by atoms with E-state index >= 15 is 0 Å². The smallest absolute Gasteiger partial charge is 0.251 e. The largest absolute Gasteiger partial charge is 0.351 e. The van der Waals surface area contributed by atoms with E-state index in [2.05, 4.69) is 24.1 Å². The van der Waals surface area contributed by atoms with Crippen LogP contribution in [0.2, 0.25) is 0 Å². The van der Waals surface area contributed by atoms with E-state index in [4.69, 9.17) is 0 Å². The molecule has 2 aromatic rings. The van der Waals surface area contributed by atoms with Crippen LogP contribution in [-0.2, 0) is 0 Å². The van der Waals surface area contributed by atoms with Gasteiger partial charge in [0, 0.05) is 23.7 Å². The third-order valence-corrected chi connectivity index (χ3v) is 4.91. The van der Waals surface area contributed by atoms with Crippen LogP contribution in [0, 0.1) is 28.9 Å². The van der Waals surface area contributed by atoms with Crippen LogP contribution in [0.3, 0.4) is 0 Å². The zero-order chi connectivity index (χ0) is 18.6. The lowest BCUT2D eigenvalue weighted by molar-refractivity contribution is 0.0934. The van der Waals surface area contributed by atoms with Gasteiger partial charge in [0.1, 0.15) is 11.6 Å². The Morgan fingerprint density at radius 1 is 1.08 bits per heavy atom. The fourth-order valence-electron chi connectivity index (χ4n) is 3.24. The maximum atomic E-state index is 13.6. The fourth-order valence-corrected chi connectivity index (χ4v) is 3.24. The van der Waals surface area contributed by atoms with E-state index in [-0.39, 0.29) is 16.9 Å². The molecule has 1 aliphatic rings. The van der Waals surface area contributed by atoms with Gasteiger partial charge in [-0.1, -0.05) is 31.6 Å². The molecule has 0 aromatic heterocycles. The lowest BCUT2D eigenvalue weighted by Crippen LogP contribution is -2.34. The molecular weight excluding hydrogens is 332 g/mol. The summed E-state index contributed by atoms with van der Waals surface area (Å²) in [6, 6.07) is 10.1. The lowest BCUT2D eigenvalue weighted by Gasteiger charge is -2.23. The summed E-state index contributed by atoms with van der Waals surface area (Å²) in [7, 11) is 0. The van der Waals surface area contributed by atoms with Crippen molar-refractivity contribution in [2.45, 2.75) is 32.6 Å². The number of amides is 1. The third kappa shape index (κ3) is 4.49. The van der Waals surface area contributed by atoms with Gasteiger partial charge in [-0.25, -0.2) is 8.78 Å². The topological polar surface area (TPSA) is 29.1 Å². The Hall–Kier alpha value is -2.67. The Morgan fingerprint density at radius 3 is 2.42 bits per heavy atom. The summed E-state index contributed by atoms with van der Waals surface area (Å²) in [5.41, 5.74) is 1.58. The molecular formula is C22H21F2NO. The molecule has 1 fully saturated rings. The van der Waals surface area contributed by atoms with Crippen LogP contribution in [0.15, 0.2) is 42.5 Å². The van der Waals surface area contributed by atoms with E-state index in [1.807, 2.05) is 0 Å². The molecule has 0 spiro atoms. The van der Waals surface area contributed by atoms with Crippen molar-refractivity contribution >= 4 is 5.91 Å². The van der Waals surface area contributed by atoms with E-state index in [1.165, 1.54) is 25.0 Å². The standard InChI is InChI=1S/C22H21F2NO/c1-22(12-2-3-13-22)15-25-21(26)18-8-5-16(6-9-18)4-7-17-10-11-19(23)14-20(17)24/h5-6,8-11,14H,2-3,12-13,15H2,1H3,(H,25,26). The van der Waals surface area contributed by atoms with Gasteiger partial charge >= 0.3 is 0 Å². The van der Waals surface area contributed by atoms with Gasteiger partial charge in [-0.05, 0) is 54.7 Å². The van der Waals surface area contributed by atoms with Gasteiger partial charge in [0.25, 0.3) is 5.91 Å². The van der Waals surface area contributed by atoms with Crippen LogP contribution < -0.4 is 5.32 Å². The first-order valence-electron chi connectivity index (χ1n) is 8.81. The van der Waals surface area contributed by atoms with Crippen molar-refractivity contribution in [2.75, 3.05) is 6.54 Å². The Kier molecular flexibility index (Phi) is 5.37. The Balaban J connectivity index is 1.63. The highest BCUT2D eigenvalue weighted by atomic mass is 19.1. The number of nitrogens with one attached hydrogen (secondary N) is 1. The third-order valence-electron chi connectivity index (χ3n) is 4.91. The minimum atomic E-state index is -0.686. The number of hydrogen-bond donors (Lipinski definition) is 1. The molecule has 2 nitrogen and oxygen atoms in total. The number of halogens is 2. The van der Waals surface area contributed by atoms with Crippen molar-refractivity contribution in [3.8, 4) is 11.8 Å². The number of hydrogen-bond acceptors (Lipinski definition) is 1. The molecule has 0 aliphatic heterocycles. The first-order valence-corrected chi connectivity index (χ1v) is 8.81. The van der Waals surface area contributed by atoms with Gasteiger partial charge in [0.05, 0.1) is 5.56 Å². The van der Waals surface area contributed by atoms with Crippen LogP contribution >= 0.6 is 0 Å². The number of rotatable bonds is 3. The Labute approximate surface area is 152 Å². The lowest BCUT2D eigenvalue weighted by atomic mass is 9.89. The van der Waals surface area contributed by atoms with Gasteiger partial charge < -0.3 is 5.32 Å². The minimum Gasteiger partial charge on any atom is -0.351 e. The molecule has 0 radical (unpaired) electrons. The summed E-state index contributed by atoms with van der Waals surface area (Å²) in [5.74, 6) is 4.10. The predicted molar refractivity (Wildman–Crippen MR) is 97.7 cm³/mol. The van der Waals surface area contributed by atoms with Crippen LogP contribution in [0.1, 0.15) is 54.1 Å². The maximum Gasteiger partial charge on any atom is 0.251 e. The molecule has 1 amide bonds. The van der Waals surface area contributed by atoms with E-state index in [0.717, 1.165) is 18.9 Å². The Morgan fingerprint density at radius 2 is 1.77 bits per heavy atom. The molecule has 0 heterocycles. The molecule has 26 heavy (non-hydrogen) atoms. The second-order valence-corrected chi connectivity index (χ2v) is 7.15. The summed E-state index contributed by atoms with van der Waals surface area (Å²) in [5, 5.41) is 3.01. The highest BCUT2D eigenvalue weighted by Crippen LogP contribution is 2.36. The molecule has 0 saturated heterocycles. The number of benzene rings is 2. The molecule has 1 aliphatic carbocycles. The average molecular weight is 353 g/mol. The fraction of sp³-hybridized carbons (Fsp3) is 0.318. The number of carbonyl (C=O) groups is 1. The molecule has 0 atom stereocenters. The molecule has 4 heteroatoms. The molecule has 0 bridgehead atoms. The van der Waals surface area contributed by atoms with Crippen LogP contribution in [0.5, 0.6) is 0 Å². The highest BCUT2D eigenvalue weighted by Gasteiger charge is 2.28. The number of carbonyl (C=O) groups excluding carboxylic acids is 1. The molecule has 2 aromatic carbocycles. The zero-order valence-electron chi connectivity index (χ0n) is 14.7. The first-order chi connectivity index (χ1) is 12.5. The summed E-state index contributed by atoms with van der Waals surface area (Å²) < 4.78 is 26.5. The summed E-state index contributed by atoms with van der Waals surface area (Å²) in [6.07, 6.45) is 4.77. The normalized spacial score (nSPS) is 15.2. The van der Waals surface area contributed by atoms with Crippen LogP contribution in [0.25, 0.3) is 0 Å². The molecule has 0 unspecified atom stereocenters. The monoisotopic (exact) mass is 353 g/mol. The van der Waals surface area contributed by atoms with Gasteiger partial charge in [-0.2, -0.15) is 0 Å². The summed E-state index contributed by atoms with van der Waals surface area (Å²) in [4.78, 5) is 12.3. The van der Waals surface area contributed by atoms with Crippen molar-refractivity contribution in [2.24, 2.45) is 5.41 Å². The van der Waals surface area contributed by atoms with Gasteiger partial charge in [0.2, 0.25) is 0 Å². The second kappa shape index (κ2) is 7.70. The summed E-state index contributed by atoms with van der Waals surface area (Å²) in [6.45, 7) is 2.91. The molecule has 3 rings (SSSR count). The zero-order valence-corrected chi connectivity index (χ0v) is 14.7. The van der Waals surface area contributed by atoms with E-state index < -0.39 is 11.6 Å². The van der Waals surface area contributed by atoms with E-state index in [0.29, 0.717) is 17.7 Å².